The van der Waals surface area contributed by atoms with E-state index in [0.29, 0.717) is 12.2 Å². The summed E-state index contributed by atoms with van der Waals surface area (Å²) in [6.07, 6.45) is 1.54. The first-order chi connectivity index (χ1) is 6.99. The summed E-state index contributed by atoms with van der Waals surface area (Å²) in [7, 11) is 0. The van der Waals surface area contributed by atoms with Gasteiger partial charge in [0.25, 0.3) is 0 Å². The topological polar surface area (TPSA) is 17.1 Å². The molecule has 82 valence electrons. The molecule has 1 rings (SSSR count). The lowest BCUT2D eigenvalue weighted by Gasteiger charge is -2.06. The molecule has 0 aliphatic carbocycles. The second kappa shape index (κ2) is 5.11. The summed E-state index contributed by atoms with van der Waals surface area (Å²) in [6, 6.07) is 6.50. The monoisotopic (exact) mass is 204 g/mol. The second-order valence-corrected chi connectivity index (χ2v) is 4.62. The van der Waals surface area contributed by atoms with Crippen molar-refractivity contribution >= 4 is 5.78 Å². The number of benzene rings is 1. The van der Waals surface area contributed by atoms with Crippen molar-refractivity contribution in [2.24, 2.45) is 5.92 Å². The van der Waals surface area contributed by atoms with Crippen LogP contribution in [0.2, 0.25) is 0 Å². The molecule has 0 bridgehead atoms. The Morgan fingerprint density at radius 1 is 1.13 bits per heavy atom. The zero-order valence-corrected chi connectivity index (χ0v) is 10.1. The number of rotatable bonds is 4. The number of hydrogen-bond acceptors (Lipinski definition) is 1. The van der Waals surface area contributed by atoms with Gasteiger partial charge < -0.3 is 0 Å². The van der Waals surface area contributed by atoms with Crippen molar-refractivity contribution in [3.8, 4) is 0 Å². The summed E-state index contributed by atoms with van der Waals surface area (Å²) < 4.78 is 0. The van der Waals surface area contributed by atoms with E-state index in [2.05, 4.69) is 32.0 Å². The quantitative estimate of drug-likeness (QED) is 0.734. The molecule has 0 amide bonds. The second-order valence-electron chi connectivity index (χ2n) is 4.62. The molecule has 0 heterocycles. The number of aryl methyl sites for hydroxylation is 3. The molecule has 0 aliphatic heterocycles. The third-order valence-electron chi connectivity index (χ3n) is 2.59. The predicted octanol–water partition coefficient (Wildman–Crippen LogP) is 3.46. The van der Waals surface area contributed by atoms with Crippen LogP contribution in [0.4, 0.5) is 0 Å². The van der Waals surface area contributed by atoms with Crippen molar-refractivity contribution < 1.29 is 4.79 Å². The molecular formula is C14H20O. The molecule has 0 saturated carbocycles. The van der Waals surface area contributed by atoms with E-state index < -0.39 is 0 Å². The summed E-state index contributed by atoms with van der Waals surface area (Å²) in [6.45, 7) is 8.12. The van der Waals surface area contributed by atoms with E-state index in [4.69, 9.17) is 0 Å². The highest BCUT2D eigenvalue weighted by Crippen LogP contribution is 2.12. The van der Waals surface area contributed by atoms with Crippen molar-refractivity contribution in [3.63, 3.8) is 0 Å². The lowest BCUT2D eigenvalue weighted by molar-refractivity contribution is -0.121. The number of hydrogen-bond donors (Lipinski definition) is 0. The molecule has 0 radical (unpaired) electrons. The average Bonchev–Trinajstić information content (AvgIpc) is 2.12. The van der Waals surface area contributed by atoms with Crippen LogP contribution in [0.3, 0.4) is 0 Å². The molecule has 0 aromatic heterocycles. The molecule has 1 aromatic carbocycles. The molecule has 0 fully saturated rings. The Kier molecular flexibility index (Phi) is 4.07. The van der Waals surface area contributed by atoms with E-state index in [1.54, 1.807) is 0 Å². The minimum Gasteiger partial charge on any atom is -0.299 e. The third kappa shape index (κ3) is 3.86. The predicted molar refractivity (Wildman–Crippen MR) is 64.1 cm³/mol. The molecule has 0 aliphatic rings. The van der Waals surface area contributed by atoms with E-state index in [1.807, 2.05) is 13.8 Å². The minimum atomic E-state index is 0.163. The van der Waals surface area contributed by atoms with E-state index in [1.165, 1.54) is 16.7 Å². The fourth-order valence-electron chi connectivity index (χ4n) is 1.77. The molecule has 0 spiro atoms. The summed E-state index contributed by atoms with van der Waals surface area (Å²) in [4.78, 5) is 11.5. The summed E-state index contributed by atoms with van der Waals surface area (Å²) in [5.41, 5.74) is 3.84. The number of ketones is 1. The van der Waals surface area contributed by atoms with Crippen LogP contribution in [0.25, 0.3) is 0 Å². The van der Waals surface area contributed by atoms with Crippen LogP contribution in [-0.2, 0) is 11.2 Å². The maximum atomic E-state index is 11.5. The maximum Gasteiger partial charge on any atom is 0.135 e. The Balaban J connectivity index is 2.61. The van der Waals surface area contributed by atoms with Gasteiger partial charge in [0.05, 0.1) is 0 Å². The normalized spacial score (nSPS) is 10.7. The van der Waals surface area contributed by atoms with Gasteiger partial charge in [-0.3, -0.25) is 4.79 Å². The highest BCUT2D eigenvalue weighted by atomic mass is 16.1. The smallest absolute Gasteiger partial charge is 0.135 e. The average molecular weight is 204 g/mol. The van der Waals surface area contributed by atoms with Crippen molar-refractivity contribution in [1.82, 2.24) is 0 Å². The van der Waals surface area contributed by atoms with Gasteiger partial charge in [-0.15, -0.1) is 0 Å². The maximum absolute atomic E-state index is 11.5. The largest absolute Gasteiger partial charge is 0.299 e. The molecule has 0 saturated heterocycles. The van der Waals surface area contributed by atoms with E-state index >= 15 is 0 Å². The SMILES string of the molecule is Cc1cc(C)cc(CCC(=O)C(C)C)c1. The van der Waals surface area contributed by atoms with Crippen LogP contribution in [0.15, 0.2) is 18.2 Å². The van der Waals surface area contributed by atoms with Gasteiger partial charge in [0.1, 0.15) is 5.78 Å². The van der Waals surface area contributed by atoms with Crippen molar-refractivity contribution in [2.45, 2.75) is 40.5 Å². The first-order valence-electron chi connectivity index (χ1n) is 5.59. The lowest BCUT2D eigenvalue weighted by Crippen LogP contribution is -2.07. The van der Waals surface area contributed by atoms with E-state index in [-0.39, 0.29) is 5.92 Å². The molecule has 15 heavy (non-hydrogen) atoms. The fourth-order valence-corrected chi connectivity index (χ4v) is 1.77. The highest BCUT2D eigenvalue weighted by molar-refractivity contribution is 5.80. The van der Waals surface area contributed by atoms with Gasteiger partial charge in [0.15, 0.2) is 0 Å². The molecule has 1 aromatic rings. The fraction of sp³-hybridized carbons (Fsp3) is 0.500. The lowest BCUT2D eigenvalue weighted by atomic mass is 9.99. The van der Waals surface area contributed by atoms with Crippen LogP contribution in [0, 0.1) is 19.8 Å². The van der Waals surface area contributed by atoms with Crippen molar-refractivity contribution in [3.05, 3.63) is 34.9 Å². The molecule has 1 nitrogen and oxygen atoms in total. The number of carbonyl (C=O) groups excluding carboxylic acids is 1. The standard InChI is InChI=1S/C14H20O/c1-10(2)14(15)6-5-13-8-11(3)7-12(4)9-13/h7-10H,5-6H2,1-4H3. The summed E-state index contributed by atoms with van der Waals surface area (Å²) in [5, 5.41) is 0. The van der Waals surface area contributed by atoms with Crippen molar-refractivity contribution in [2.75, 3.05) is 0 Å². The Morgan fingerprint density at radius 3 is 2.13 bits per heavy atom. The van der Waals surface area contributed by atoms with Gasteiger partial charge in [0.2, 0.25) is 0 Å². The Morgan fingerprint density at radius 2 is 1.67 bits per heavy atom. The molecular weight excluding hydrogens is 184 g/mol. The summed E-state index contributed by atoms with van der Waals surface area (Å²) in [5.74, 6) is 0.519. The van der Waals surface area contributed by atoms with Gasteiger partial charge in [-0.25, -0.2) is 0 Å². The minimum absolute atomic E-state index is 0.163. The number of carbonyl (C=O) groups is 1. The van der Waals surface area contributed by atoms with Gasteiger partial charge in [0, 0.05) is 12.3 Å². The van der Waals surface area contributed by atoms with Gasteiger partial charge in [-0.2, -0.15) is 0 Å². The van der Waals surface area contributed by atoms with Gasteiger partial charge in [-0.1, -0.05) is 43.2 Å². The van der Waals surface area contributed by atoms with Gasteiger partial charge >= 0.3 is 0 Å². The van der Waals surface area contributed by atoms with Crippen LogP contribution in [-0.4, -0.2) is 5.78 Å². The Labute approximate surface area is 92.5 Å². The van der Waals surface area contributed by atoms with Crippen LogP contribution in [0.1, 0.15) is 37.0 Å². The first-order valence-corrected chi connectivity index (χ1v) is 5.59. The van der Waals surface area contributed by atoms with Crippen LogP contribution >= 0.6 is 0 Å². The Bertz CT molecular complexity index is 330. The molecule has 1 heteroatoms. The molecule has 0 unspecified atom stereocenters. The first kappa shape index (κ1) is 12.0. The van der Waals surface area contributed by atoms with Crippen LogP contribution < -0.4 is 0 Å². The zero-order valence-electron chi connectivity index (χ0n) is 10.1. The third-order valence-corrected chi connectivity index (χ3v) is 2.59. The summed E-state index contributed by atoms with van der Waals surface area (Å²) >= 11 is 0. The zero-order chi connectivity index (χ0) is 11.4. The molecule has 0 atom stereocenters. The van der Waals surface area contributed by atoms with E-state index in [0.717, 1.165) is 6.42 Å². The van der Waals surface area contributed by atoms with Crippen molar-refractivity contribution in [1.29, 1.82) is 0 Å². The van der Waals surface area contributed by atoms with Crippen LogP contribution in [0.5, 0.6) is 0 Å². The molecule has 0 N–H and O–H groups in total. The Hall–Kier alpha value is -1.11. The number of Topliss-reactive ketones (excluding diaryl/α,β-unsaturated/α-hetero) is 1. The highest BCUT2D eigenvalue weighted by Gasteiger charge is 2.07. The van der Waals surface area contributed by atoms with E-state index in [9.17, 15) is 4.79 Å². The van der Waals surface area contributed by atoms with Gasteiger partial charge in [-0.05, 0) is 25.8 Å².